The van der Waals surface area contributed by atoms with Crippen molar-refractivity contribution in [1.29, 1.82) is 0 Å². The average molecular weight is 427 g/mol. The first-order valence-electron chi connectivity index (χ1n) is 11.7. The van der Waals surface area contributed by atoms with Crippen LogP contribution >= 0.6 is 0 Å². The Bertz CT molecular complexity index is 843. The van der Waals surface area contributed by atoms with Crippen LogP contribution in [0.4, 0.5) is 10.5 Å². The molecule has 2 N–H and O–H groups in total. The number of imide groups is 1. The van der Waals surface area contributed by atoms with E-state index in [1.165, 1.54) is 32.1 Å². The first-order chi connectivity index (χ1) is 14.9. The number of nitrogens with one attached hydrogen (secondary N) is 2. The molecule has 0 aromatic heterocycles. The molecule has 1 aromatic carbocycles. The highest BCUT2D eigenvalue weighted by Gasteiger charge is 2.54. The highest BCUT2D eigenvalue weighted by atomic mass is 16.2. The average Bonchev–Trinajstić information content (AvgIpc) is 3.34. The molecule has 3 fully saturated rings. The maximum absolute atomic E-state index is 13.0. The van der Waals surface area contributed by atoms with Crippen molar-refractivity contribution in [2.24, 2.45) is 0 Å². The second-order valence-corrected chi connectivity index (χ2v) is 9.42. The number of carbonyl (C=O) groups is 3. The van der Waals surface area contributed by atoms with Crippen molar-refractivity contribution in [1.82, 2.24) is 15.1 Å². The van der Waals surface area contributed by atoms with E-state index < -0.39 is 17.6 Å². The SMILES string of the molecule is CC(C(=O)Nc1ccccc1CN(C)C1CCCCC1)N1C(=O)NC2(CCCC2)C1=O. The van der Waals surface area contributed by atoms with Gasteiger partial charge in [-0.3, -0.25) is 14.5 Å². The second kappa shape index (κ2) is 8.99. The van der Waals surface area contributed by atoms with Gasteiger partial charge >= 0.3 is 6.03 Å². The van der Waals surface area contributed by atoms with Crippen LogP contribution in [0.2, 0.25) is 0 Å². The van der Waals surface area contributed by atoms with Crippen LogP contribution in [0, 0.1) is 0 Å². The first kappa shape index (κ1) is 21.8. The van der Waals surface area contributed by atoms with E-state index in [-0.39, 0.29) is 11.8 Å². The van der Waals surface area contributed by atoms with E-state index >= 15 is 0 Å². The number of hydrogen-bond acceptors (Lipinski definition) is 4. The number of hydrogen-bond donors (Lipinski definition) is 2. The Kier molecular flexibility index (Phi) is 6.32. The van der Waals surface area contributed by atoms with Crippen LogP contribution in [0.3, 0.4) is 0 Å². The van der Waals surface area contributed by atoms with Crippen LogP contribution in [0.5, 0.6) is 0 Å². The van der Waals surface area contributed by atoms with Crippen molar-refractivity contribution < 1.29 is 14.4 Å². The summed E-state index contributed by atoms with van der Waals surface area (Å²) in [6.07, 6.45) is 9.45. The van der Waals surface area contributed by atoms with Gasteiger partial charge in [0.25, 0.3) is 5.91 Å². The van der Waals surface area contributed by atoms with Gasteiger partial charge in [-0.1, -0.05) is 50.3 Å². The summed E-state index contributed by atoms with van der Waals surface area (Å²) in [5.41, 5.74) is 0.983. The molecule has 7 nitrogen and oxygen atoms in total. The molecular formula is C24H34N4O3. The maximum Gasteiger partial charge on any atom is 0.325 e. The molecule has 168 valence electrons. The predicted molar refractivity (Wildman–Crippen MR) is 119 cm³/mol. The number of para-hydroxylation sites is 1. The van der Waals surface area contributed by atoms with Gasteiger partial charge in [-0.05, 0) is 51.3 Å². The summed E-state index contributed by atoms with van der Waals surface area (Å²) in [5, 5.41) is 5.83. The molecule has 1 heterocycles. The molecule has 1 aromatic rings. The molecule has 1 atom stereocenters. The van der Waals surface area contributed by atoms with Gasteiger partial charge in [0.1, 0.15) is 11.6 Å². The number of benzene rings is 1. The number of nitrogens with zero attached hydrogens (tertiary/aromatic N) is 2. The van der Waals surface area contributed by atoms with E-state index in [9.17, 15) is 14.4 Å². The van der Waals surface area contributed by atoms with Crippen molar-refractivity contribution in [3.8, 4) is 0 Å². The molecule has 0 bridgehead atoms. The fraction of sp³-hybridized carbons (Fsp3) is 0.625. The molecule has 31 heavy (non-hydrogen) atoms. The van der Waals surface area contributed by atoms with E-state index in [2.05, 4.69) is 22.6 Å². The molecule has 7 heteroatoms. The predicted octanol–water partition coefficient (Wildman–Crippen LogP) is 3.64. The van der Waals surface area contributed by atoms with Gasteiger partial charge in [0.15, 0.2) is 0 Å². The number of carbonyl (C=O) groups excluding carboxylic acids is 3. The second-order valence-electron chi connectivity index (χ2n) is 9.42. The summed E-state index contributed by atoms with van der Waals surface area (Å²) < 4.78 is 0. The quantitative estimate of drug-likeness (QED) is 0.681. The molecule has 1 saturated heterocycles. The molecule has 2 aliphatic carbocycles. The molecule has 4 rings (SSSR count). The molecule has 1 aliphatic heterocycles. The molecule has 1 unspecified atom stereocenters. The topological polar surface area (TPSA) is 81.8 Å². The minimum atomic E-state index is -0.864. The monoisotopic (exact) mass is 426 g/mol. The lowest BCUT2D eigenvalue weighted by atomic mass is 9.94. The third kappa shape index (κ3) is 4.33. The number of rotatable bonds is 6. The summed E-state index contributed by atoms with van der Waals surface area (Å²) in [6, 6.07) is 7.04. The zero-order valence-electron chi connectivity index (χ0n) is 18.7. The Labute approximate surface area is 184 Å². The number of amides is 4. The summed E-state index contributed by atoms with van der Waals surface area (Å²) in [5.74, 6) is -0.603. The molecule has 1 spiro atoms. The van der Waals surface area contributed by atoms with E-state index in [1.54, 1.807) is 6.92 Å². The lowest BCUT2D eigenvalue weighted by molar-refractivity contribution is -0.136. The molecule has 3 aliphatic rings. The minimum absolute atomic E-state index is 0.261. The van der Waals surface area contributed by atoms with E-state index in [0.29, 0.717) is 18.9 Å². The Morgan fingerprint density at radius 2 is 1.84 bits per heavy atom. The van der Waals surface area contributed by atoms with Gasteiger partial charge in [0, 0.05) is 18.3 Å². The third-order valence-corrected chi connectivity index (χ3v) is 7.31. The maximum atomic E-state index is 13.0. The smallest absolute Gasteiger partial charge is 0.324 e. The lowest BCUT2D eigenvalue weighted by Crippen LogP contribution is -2.48. The van der Waals surface area contributed by atoms with Gasteiger partial charge in [0.2, 0.25) is 5.91 Å². The van der Waals surface area contributed by atoms with Crippen molar-refractivity contribution in [2.75, 3.05) is 12.4 Å². The van der Waals surface area contributed by atoms with Gasteiger partial charge in [-0.2, -0.15) is 0 Å². The molecule has 4 amide bonds. The summed E-state index contributed by atoms with van der Waals surface area (Å²) in [7, 11) is 2.14. The van der Waals surface area contributed by atoms with Gasteiger partial charge in [-0.25, -0.2) is 9.69 Å². The summed E-state index contributed by atoms with van der Waals surface area (Å²) >= 11 is 0. The summed E-state index contributed by atoms with van der Waals surface area (Å²) in [6.45, 7) is 2.37. The molecule has 2 saturated carbocycles. The highest BCUT2D eigenvalue weighted by molar-refractivity contribution is 6.11. The van der Waals surface area contributed by atoms with Crippen LogP contribution in [-0.2, 0) is 16.1 Å². The Hall–Kier alpha value is -2.41. The van der Waals surface area contributed by atoms with E-state index in [0.717, 1.165) is 35.5 Å². The van der Waals surface area contributed by atoms with Crippen LogP contribution in [-0.4, -0.2) is 52.3 Å². The van der Waals surface area contributed by atoms with Crippen molar-refractivity contribution in [3.63, 3.8) is 0 Å². The van der Waals surface area contributed by atoms with Crippen LogP contribution in [0.15, 0.2) is 24.3 Å². The Morgan fingerprint density at radius 1 is 1.16 bits per heavy atom. The van der Waals surface area contributed by atoms with Crippen LogP contribution < -0.4 is 10.6 Å². The normalized spacial score (nSPS) is 22.2. The molecule has 0 radical (unpaired) electrons. The zero-order chi connectivity index (χ0) is 22.0. The Balaban J connectivity index is 1.44. The number of anilines is 1. The standard InChI is InChI=1S/C24H34N4O3/c1-17(28-22(30)24(26-23(28)31)14-8-9-15-24)21(29)25-20-13-7-6-10-18(20)16-27(2)19-11-4-3-5-12-19/h6-7,10,13,17,19H,3-5,8-9,11-12,14-16H2,1-2H3,(H,25,29)(H,26,31). The fourth-order valence-corrected chi connectivity index (χ4v) is 5.36. The van der Waals surface area contributed by atoms with Gasteiger partial charge in [0.05, 0.1) is 0 Å². The van der Waals surface area contributed by atoms with E-state index in [1.807, 2.05) is 24.3 Å². The van der Waals surface area contributed by atoms with Crippen LogP contribution in [0.1, 0.15) is 70.3 Å². The van der Waals surface area contributed by atoms with Crippen LogP contribution in [0.25, 0.3) is 0 Å². The first-order valence-corrected chi connectivity index (χ1v) is 11.7. The molecular weight excluding hydrogens is 392 g/mol. The minimum Gasteiger partial charge on any atom is -0.324 e. The Morgan fingerprint density at radius 3 is 2.55 bits per heavy atom. The van der Waals surface area contributed by atoms with Crippen molar-refractivity contribution in [3.05, 3.63) is 29.8 Å². The fourth-order valence-electron chi connectivity index (χ4n) is 5.36. The zero-order valence-corrected chi connectivity index (χ0v) is 18.7. The highest BCUT2D eigenvalue weighted by Crippen LogP contribution is 2.36. The lowest BCUT2D eigenvalue weighted by Gasteiger charge is -2.31. The van der Waals surface area contributed by atoms with Crippen molar-refractivity contribution in [2.45, 2.75) is 88.9 Å². The summed E-state index contributed by atoms with van der Waals surface area (Å²) in [4.78, 5) is 42.0. The van der Waals surface area contributed by atoms with Gasteiger partial charge in [-0.15, -0.1) is 0 Å². The number of urea groups is 1. The van der Waals surface area contributed by atoms with E-state index in [4.69, 9.17) is 0 Å². The van der Waals surface area contributed by atoms with Gasteiger partial charge < -0.3 is 10.6 Å². The largest absolute Gasteiger partial charge is 0.325 e. The third-order valence-electron chi connectivity index (χ3n) is 7.31. The van der Waals surface area contributed by atoms with Crippen molar-refractivity contribution >= 4 is 23.5 Å².